The Morgan fingerprint density at radius 3 is 2.54 bits per heavy atom. The average molecular weight is 341 g/mol. The van der Waals surface area contributed by atoms with Crippen molar-refractivity contribution >= 4 is 15.9 Å². The van der Waals surface area contributed by atoms with Crippen LogP contribution < -0.4 is 5.73 Å². The number of nitrogens with two attached hydrogens (primary N) is 1. The zero-order valence-corrected chi connectivity index (χ0v) is 13.5. The highest BCUT2D eigenvalue weighted by molar-refractivity contribution is 7.89. The molecule has 1 atom stereocenters. The van der Waals surface area contributed by atoms with Crippen molar-refractivity contribution in [1.82, 2.24) is 4.31 Å². The molecule has 2 N–H and O–H groups in total. The van der Waals surface area contributed by atoms with Crippen LogP contribution in [0.1, 0.15) is 16.7 Å². The van der Waals surface area contributed by atoms with Crippen LogP contribution in [0.5, 0.6) is 0 Å². The molecule has 3 rings (SSSR count). The van der Waals surface area contributed by atoms with Gasteiger partial charge < -0.3 is 5.73 Å². The molecule has 1 aliphatic heterocycles. The Labute approximate surface area is 140 Å². The lowest BCUT2D eigenvalue weighted by atomic mass is 9.96. The Morgan fingerprint density at radius 2 is 1.88 bits per heavy atom. The topological polar surface area (TPSA) is 104 Å². The van der Waals surface area contributed by atoms with Crippen LogP contribution in [0.2, 0.25) is 0 Å². The van der Waals surface area contributed by atoms with E-state index >= 15 is 0 Å². The van der Waals surface area contributed by atoms with Crippen LogP contribution in [0.15, 0.2) is 53.4 Å². The number of primary amides is 1. The Bertz CT molecular complexity index is 948. The van der Waals surface area contributed by atoms with Gasteiger partial charge in [-0.25, -0.2) is 8.42 Å². The van der Waals surface area contributed by atoms with Crippen LogP contribution in [-0.4, -0.2) is 24.7 Å². The lowest BCUT2D eigenvalue weighted by Crippen LogP contribution is -2.51. The Kier molecular flexibility index (Phi) is 4.09. The number of carbonyl (C=O) groups is 1. The Balaban J connectivity index is 2.08. The molecular formula is C17H15N3O3S. The summed E-state index contributed by atoms with van der Waals surface area (Å²) in [5.74, 6) is -0.690. The van der Waals surface area contributed by atoms with Gasteiger partial charge in [0.1, 0.15) is 6.04 Å². The van der Waals surface area contributed by atoms with Crippen molar-refractivity contribution in [2.45, 2.75) is 23.9 Å². The van der Waals surface area contributed by atoms with Gasteiger partial charge in [0.05, 0.1) is 16.5 Å². The average Bonchev–Trinajstić information content (AvgIpc) is 2.60. The summed E-state index contributed by atoms with van der Waals surface area (Å²) in [7, 11) is -3.95. The normalized spacial score (nSPS) is 17.7. The molecule has 0 saturated heterocycles. The van der Waals surface area contributed by atoms with Gasteiger partial charge in [-0.05, 0) is 35.7 Å². The van der Waals surface area contributed by atoms with E-state index in [1.807, 2.05) is 30.3 Å². The second-order valence-corrected chi connectivity index (χ2v) is 7.47. The minimum absolute atomic E-state index is 0.0211. The van der Waals surface area contributed by atoms with E-state index in [1.54, 1.807) is 0 Å². The monoisotopic (exact) mass is 341 g/mol. The predicted molar refractivity (Wildman–Crippen MR) is 87.0 cm³/mol. The number of rotatable bonds is 3. The number of sulfonamides is 1. The van der Waals surface area contributed by atoms with Crippen molar-refractivity contribution in [3.63, 3.8) is 0 Å². The Morgan fingerprint density at radius 1 is 1.17 bits per heavy atom. The van der Waals surface area contributed by atoms with Crippen molar-refractivity contribution in [2.24, 2.45) is 5.73 Å². The third kappa shape index (κ3) is 2.77. The first-order valence-electron chi connectivity index (χ1n) is 7.31. The molecule has 0 bridgehead atoms. The molecule has 0 unspecified atom stereocenters. The molecule has 0 aromatic heterocycles. The summed E-state index contributed by atoms with van der Waals surface area (Å²) in [6.07, 6.45) is 0.239. The first kappa shape index (κ1) is 16.2. The van der Waals surface area contributed by atoms with E-state index in [4.69, 9.17) is 11.0 Å². The standard InChI is InChI=1S/C17H15N3O3S/c18-10-12-4-3-7-15(8-12)24(22,23)20-11-14-6-2-1-5-13(14)9-16(20)17(19)21/h1-8,16H,9,11H2,(H2,19,21)/t16-/m0/s1. The van der Waals surface area contributed by atoms with Gasteiger partial charge in [0.2, 0.25) is 15.9 Å². The van der Waals surface area contributed by atoms with E-state index in [-0.39, 0.29) is 23.4 Å². The van der Waals surface area contributed by atoms with Gasteiger partial charge in [-0.15, -0.1) is 0 Å². The van der Waals surface area contributed by atoms with Crippen molar-refractivity contribution in [3.8, 4) is 6.07 Å². The molecule has 6 nitrogen and oxygen atoms in total. The van der Waals surface area contributed by atoms with Crippen LogP contribution in [-0.2, 0) is 27.8 Å². The number of nitrogens with zero attached hydrogens (tertiary/aromatic N) is 2. The van der Waals surface area contributed by atoms with Crippen molar-refractivity contribution < 1.29 is 13.2 Å². The third-order valence-corrected chi connectivity index (χ3v) is 5.95. The number of hydrogen-bond acceptors (Lipinski definition) is 4. The summed E-state index contributed by atoms with van der Waals surface area (Å²) in [6.45, 7) is 0.0723. The van der Waals surface area contributed by atoms with Crippen LogP contribution in [0, 0.1) is 11.3 Å². The van der Waals surface area contributed by atoms with Crippen molar-refractivity contribution in [2.75, 3.05) is 0 Å². The molecule has 24 heavy (non-hydrogen) atoms. The van der Waals surface area contributed by atoms with Gasteiger partial charge in [-0.2, -0.15) is 9.57 Å². The molecule has 0 aliphatic carbocycles. The van der Waals surface area contributed by atoms with E-state index in [2.05, 4.69) is 0 Å². The van der Waals surface area contributed by atoms with E-state index in [0.29, 0.717) is 0 Å². The third-order valence-electron chi connectivity index (χ3n) is 4.10. The summed E-state index contributed by atoms with van der Waals surface area (Å²) in [5, 5.41) is 8.98. The summed E-state index contributed by atoms with van der Waals surface area (Å²) in [6, 6.07) is 14.1. The SMILES string of the molecule is N#Cc1cccc(S(=O)(=O)N2Cc3ccccc3C[C@H]2C(N)=O)c1. The minimum atomic E-state index is -3.95. The molecule has 1 amide bonds. The number of nitriles is 1. The molecule has 2 aromatic carbocycles. The highest BCUT2D eigenvalue weighted by Crippen LogP contribution is 2.29. The largest absolute Gasteiger partial charge is 0.368 e. The van der Waals surface area contributed by atoms with Gasteiger partial charge in [0.25, 0.3) is 0 Å². The smallest absolute Gasteiger partial charge is 0.244 e. The van der Waals surface area contributed by atoms with Crippen LogP contribution in [0.3, 0.4) is 0 Å². The minimum Gasteiger partial charge on any atom is -0.368 e. The molecular weight excluding hydrogens is 326 g/mol. The number of carbonyl (C=O) groups excluding carboxylic acids is 1. The fraction of sp³-hybridized carbons (Fsp3) is 0.176. The van der Waals surface area contributed by atoms with E-state index in [1.165, 1.54) is 24.3 Å². The zero-order chi connectivity index (χ0) is 17.3. The lowest BCUT2D eigenvalue weighted by molar-refractivity contribution is -0.122. The lowest BCUT2D eigenvalue weighted by Gasteiger charge is -2.34. The molecule has 0 spiro atoms. The van der Waals surface area contributed by atoms with E-state index in [9.17, 15) is 13.2 Å². The van der Waals surface area contributed by atoms with Gasteiger partial charge in [0.15, 0.2) is 0 Å². The summed E-state index contributed by atoms with van der Waals surface area (Å²) in [4.78, 5) is 11.8. The van der Waals surface area contributed by atoms with E-state index in [0.717, 1.165) is 15.4 Å². The maximum Gasteiger partial charge on any atom is 0.244 e. The number of benzene rings is 2. The number of hydrogen-bond donors (Lipinski definition) is 1. The summed E-state index contributed by atoms with van der Waals surface area (Å²) in [5.41, 5.74) is 7.45. The van der Waals surface area contributed by atoms with Crippen molar-refractivity contribution in [1.29, 1.82) is 5.26 Å². The molecule has 7 heteroatoms. The molecule has 1 aliphatic rings. The van der Waals surface area contributed by atoms with Gasteiger partial charge >= 0.3 is 0 Å². The fourth-order valence-electron chi connectivity index (χ4n) is 2.86. The molecule has 0 saturated carbocycles. The van der Waals surface area contributed by atoms with Gasteiger partial charge in [-0.3, -0.25) is 4.79 Å². The maximum atomic E-state index is 13.0. The predicted octanol–water partition coefficient (Wildman–Crippen LogP) is 1.16. The maximum absolute atomic E-state index is 13.0. The fourth-order valence-corrected chi connectivity index (χ4v) is 4.48. The molecule has 122 valence electrons. The molecule has 2 aromatic rings. The molecule has 0 fully saturated rings. The Hall–Kier alpha value is -2.69. The number of amides is 1. The quantitative estimate of drug-likeness (QED) is 0.904. The first-order valence-corrected chi connectivity index (χ1v) is 8.75. The van der Waals surface area contributed by atoms with Crippen LogP contribution in [0.25, 0.3) is 0 Å². The molecule has 1 heterocycles. The highest BCUT2D eigenvalue weighted by Gasteiger charge is 2.38. The highest BCUT2D eigenvalue weighted by atomic mass is 32.2. The van der Waals surface area contributed by atoms with Gasteiger partial charge in [0, 0.05) is 6.54 Å². The van der Waals surface area contributed by atoms with Crippen molar-refractivity contribution in [3.05, 3.63) is 65.2 Å². The summed E-state index contributed by atoms with van der Waals surface area (Å²) >= 11 is 0. The van der Waals surface area contributed by atoms with E-state index < -0.39 is 22.0 Å². The summed E-state index contributed by atoms with van der Waals surface area (Å²) < 4.78 is 27.1. The first-order chi connectivity index (χ1) is 11.4. The molecule has 0 radical (unpaired) electrons. The zero-order valence-electron chi connectivity index (χ0n) is 12.7. The van der Waals surface area contributed by atoms with Crippen LogP contribution in [0.4, 0.5) is 0 Å². The second kappa shape index (κ2) is 6.07. The number of fused-ring (bicyclic) bond motifs is 1. The van der Waals surface area contributed by atoms with Gasteiger partial charge in [-0.1, -0.05) is 30.3 Å². The second-order valence-electron chi connectivity index (χ2n) is 5.58. The van der Waals surface area contributed by atoms with Crippen LogP contribution >= 0.6 is 0 Å².